The first-order valence-electron chi connectivity index (χ1n) is 14.5. The van der Waals surface area contributed by atoms with Crippen LogP contribution in [-0.4, -0.2) is 63.1 Å². The van der Waals surface area contributed by atoms with Gasteiger partial charge in [-0.15, -0.1) is 0 Å². The summed E-state index contributed by atoms with van der Waals surface area (Å²) in [5.74, 6) is 1.55. The van der Waals surface area contributed by atoms with Gasteiger partial charge in [0, 0.05) is 18.7 Å². The molecule has 12 heteroatoms. The molecule has 4 aromatic rings. The number of methoxy groups -OCH3 is 1. The van der Waals surface area contributed by atoms with E-state index in [0.717, 1.165) is 76.7 Å². The van der Waals surface area contributed by atoms with Crippen LogP contribution in [0.4, 0.5) is 4.79 Å². The van der Waals surface area contributed by atoms with Gasteiger partial charge in [-0.25, -0.2) is 14.8 Å². The fourth-order valence-electron chi connectivity index (χ4n) is 5.86. The van der Waals surface area contributed by atoms with Crippen LogP contribution in [0.1, 0.15) is 55.5 Å². The van der Waals surface area contributed by atoms with E-state index in [9.17, 15) is 9.59 Å². The second-order valence-electron chi connectivity index (χ2n) is 10.9. The van der Waals surface area contributed by atoms with Crippen molar-refractivity contribution >= 4 is 39.0 Å². The van der Waals surface area contributed by atoms with E-state index in [-0.39, 0.29) is 38.9 Å². The first-order chi connectivity index (χ1) is 20.5. The molecular weight excluding hydrogens is 597 g/mol. The van der Waals surface area contributed by atoms with Crippen molar-refractivity contribution in [2.75, 3.05) is 20.3 Å². The molecule has 0 unspecified atom stereocenters. The summed E-state index contributed by atoms with van der Waals surface area (Å²) in [6, 6.07) is 16.0. The zero-order chi connectivity index (χ0) is 29.1. The maximum absolute atomic E-state index is 13.6. The number of ether oxygens (including phenoxy) is 2. The molecule has 0 saturated carbocycles. The zero-order valence-corrected chi connectivity index (χ0v) is 27.0. The largest absolute Gasteiger partial charge is 0.453 e. The number of fused-ring (bicyclic) bond motifs is 4. The number of alkyl carbamates (subject to hydrolysis) is 1. The topological polar surface area (TPSA) is 125 Å². The molecule has 0 radical (unpaired) electrons. The van der Waals surface area contributed by atoms with Crippen molar-refractivity contribution in [3.05, 3.63) is 72.1 Å². The Morgan fingerprint density at radius 1 is 0.955 bits per heavy atom. The Balaban J connectivity index is 0.00000221. The van der Waals surface area contributed by atoms with Gasteiger partial charge in [0.25, 0.3) is 0 Å². The Kier molecular flexibility index (Phi) is 11.2. The number of carbonyl (C=O) groups excluding carboxylic acids is 2. The number of hydrogen-bond acceptors (Lipinski definition) is 6. The van der Waals surface area contributed by atoms with Gasteiger partial charge in [-0.2, -0.15) is 27.0 Å². The normalized spacial score (nSPS) is 18.5. The van der Waals surface area contributed by atoms with Crippen LogP contribution in [0.25, 0.3) is 33.6 Å². The van der Waals surface area contributed by atoms with Gasteiger partial charge < -0.3 is 29.7 Å². The van der Waals surface area contributed by atoms with Gasteiger partial charge in [0.2, 0.25) is 5.91 Å². The molecule has 0 spiro atoms. The molecule has 3 N–H and O–H groups in total. The quantitative estimate of drug-likeness (QED) is 0.262. The van der Waals surface area contributed by atoms with Crippen LogP contribution in [0.2, 0.25) is 0 Å². The van der Waals surface area contributed by atoms with Gasteiger partial charge in [-0.05, 0) is 55.7 Å². The number of benzene rings is 2. The molecule has 2 atom stereocenters. The number of amides is 2. The van der Waals surface area contributed by atoms with Gasteiger partial charge in [0.1, 0.15) is 17.7 Å². The molecule has 44 heavy (non-hydrogen) atoms. The highest BCUT2D eigenvalue weighted by Gasteiger charge is 2.37. The number of nitrogens with one attached hydrogen (secondary N) is 3. The number of aromatic amines is 2. The monoisotopic (exact) mass is 636 g/mol. The first-order valence-corrected chi connectivity index (χ1v) is 14.5. The number of hydrogen-bond donors (Lipinski definition) is 3. The highest BCUT2D eigenvalue weighted by Crippen LogP contribution is 2.35. The average molecular weight is 637 g/mol. The summed E-state index contributed by atoms with van der Waals surface area (Å²) in [6.45, 7) is 3.52. The summed E-state index contributed by atoms with van der Waals surface area (Å²) in [5, 5.41) is 2.74. The Morgan fingerprint density at radius 2 is 1.64 bits per heavy atom. The second-order valence-corrected chi connectivity index (χ2v) is 10.9. The number of nitrogens with zero attached hydrogens (tertiary/aromatic N) is 3. The van der Waals surface area contributed by atoms with E-state index in [1.165, 1.54) is 7.11 Å². The summed E-state index contributed by atoms with van der Waals surface area (Å²) < 4.78 is 10.8. The first kappa shape index (κ1) is 33.2. The van der Waals surface area contributed by atoms with Gasteiger partial charge in [-0.3, -0.25) is 4.79 Å². The van der Waals surface area contributed by atoms with Crippen LogP contribution < -0.4 is 5.32 Å². The molecule has 6 rings (SSSR count). The molecule has 1 saturated heterocycles. The van der Waals surface area contributed by atoms with E-state index in [2.05, 4.69) is 68.8 Å². The lowest BCUT2D eigenvalue weighted by molar-refractivity contribution is -0.134. The van der Waals surface area contributed by atoms with Crippen molar-refractivity contribution in [1.82, 2.24) is 30.2 Å². The molecule has 2 bridgehead atoms. The Morgan fingerprint density at radius 3 is 2.30 bits per heavy atom. The lowest BCUT2D eigenvalue weighted by atomic mass is 10.0. The van der Waals surface area contributed by atoms with Gasteiger partial charge >= 0.3 is 6.09 Å². The molecule has 2 aromatic carbocycles. The summed E-state index contributed by atoms with van der Waals surface area (Å²) in [7, 11) is 1.31. The summed E-state index contributed by atoms with van der Waals surface area (Å²) in [4.78, 5) is 43.5. The van der Waals surface area contributed by atoms with Gasteiger partial charge in [0.05, 0.1) is 43.0 Å². The molecule has 2 aliphatic rings. The number of imidazole rings is 2. The molecule has 4 heterocycles. The van der Waals surface area contributed by atoms with E-state index in [1.54, 1.807) is 0 Å². The molecular formula is C32H40N6O4S2. The van der Waals surface area contributed by atoms with E-state index in [1.807, 2.05) is 18.0 Å². The minimum Gasteiger partial charge on any atom is -0.453 e. The Labute approximate surface area is 271 Å². The van der Waals surface area contributed by atoms with Gasteiger partial charge in [0.15, 0.2) is 0 Å². The number of rotatable bonds is 4. The van der Waals surface area contributed by atoms with Crippen LogP contribution in [-0.2, 0) is 20.9 Å². The lowest BCUT2D eigenvalue weighted by Crippen LogP contribution is -2.48. The van der Waals surface area contributed by atoms with Crippen molar-refractivity contribution in [2.24, 2.45) is 0 Å². The Bertz CT molecular complexity index is 1550. The third-order valence-electron chi connectivity index (χ3n) is 8.09. The van der Waals surface area contributed by atoms with E-state index >= 15 is 0 Å². The van der Waals surface area contributed by atoms with Crippen LogP contribution in [0.3, 0.4) is 0 Å². The number of carbonyl (C=O) groups is 2. The molecule has 1 fully saturated rings. The molecule has 2 aromatic heterocycles. The minimum absolute atomic E-state index is 0. The number of aromatic nitrogens is 4. The fraction of sp³-hybridized carbons (Fsp3) is 0.375. The third-order valence-corrected chi connectivity index (χ3v) is 8.09. The molecule has 2 amide bonds. The van der Waals surface area contributed by atoms with E-state index in [0.29, 0.717) is 26.2 Å². The highest BCUT2D eigenvalue weighted by atomic mass is 32.1. The molecule has 2 aliphatic heterocycles. The van der Waals surface area contributed by atoms with E-state index in [4.69, 9.17) is 14.5 Å². The van der Waals surface area contributed by atoms with Gasteiger partial charge in [-0.1, -0.05) is 48.5 Å². The smallest absolute Gasteiger partial charge is 0.407 e. The van der Waals surface area contributed by atoms with Crippen LogP contribution in [0, 0.1) is 6.92 Å². The van der Waals surface area contributed by atoms with Crippen molar-refractivity contribution in [1.29, 1.82) is 0 Å². The van der Waals surface area contributed by atoms with Crippen LogP contribution in [0.5, 0.6) is 0 Å². The molecule has 10 nitrogen and oxygen atoms in total. The van der Waals surface area contributed by atoms with Crippen molar-refractivity contribution in [3.8, 4) is 33.6 Å². The highest BCUT2D eigenvalue weighted by molar-refractivity contribution is 7.59. The fourth-order valence-corrected chi connectivity index (χ4v) is 5.86. The predicted octanol–water partition coefficient (Wildman–Crippen LogP) is 5.76. The Hall–Kier alpha value is -3.74. The summed E-state index contributed by atoms with van der Waals surface area (Å²) in [6.07, 6.45) is 4.99. The maximum atomic E-state index is 13.6. The third kappa shape index (κ3) is 7.14. The number of aryl methyl sites for hydroxylation is 1. The standard InChI is InChI=1S/C32H36N6O4.2H2S/c1-20-33-18-26(34-20)23-12-8-21(9-13-23)22-10-14-24(15-11-22)29-27-19-42-17-4-3-6-25(36-32(40)41-2)31(39)38-16-5-7-28(38)30(35-27)37-29;;/h8-15,18,25,28H,3-7,16-17,19H2,1-2H3,(H,33,34)(H,35,37)(H,36,40);2*1H2/t25-,28-;;/m0../s1. The zero-order valence-electron chi connectivity index (χ0n) is 25.0. The summed E-state index contributed by atoms with van der Waals surface area (Å²) in [5.41, 5.74) is 7.05. The molecule has 0 aliphatic carbocycles. The second kappa shape index (κ2) is 14.8. The van der Waals surface area contributed by atoms with Crippen LogP contribution in [0.15, 0.2) is 54.7 Å². The van der Waals surface area contributed by atoms with Crippen molar-refractivity contribution in [2.45, 2.75) is 57.7 Å². The van der Waals surface area contributed by atoms with Crippen molar-refractivity contribution in [3.63, 3.8) is 0 Å². The minimum atomic E-state index is -0.641. The predicted molar refractivity (Wildman–Crippen MR) is 179 cm³/mol. The molecule has 234 valence electrons. The van der Waals surface area contributed by atoms with Crippen LogP contribution >= 0.6 is 27.0 Å². The average Bonchev–Trinajstić information content (AvgIpc) is 3.77. The summed E-state index contributed by atoms with van der Waals surface area (Å²) >= 11 is 0. The number of H-pyrrole nitrogens is 2. The SMILES string of the molecule is COC(=O)N[C@H]1CCCCOCc2[nH]c(nc2-c2ccc(-c3ccc(-c4cnc(C)[nH]4)cc3)cc2)[C@@H]2CCCN2C1=O.S.S. The maximum Gasteiger partial charge on any atom is 0.407 e. The van der Waals surface area contributed by atoms with Crippen molar-refractivity contribution < 1.29 is 19.1 Å². The lowest BCUT2D eigenvalue weighted by Gasteiger charge is -2.28. The van der Waals surface area contributed by atoms with E-state index < -0.39 is 12.1 Å².